The molecule has 0 fully saturated rings. The molecule has 2 aromatic rings. The molecule has 1 heterocycles. The van der Waals surface area contributed by atoms with Crippen molar-refractivity contribution in [2.24, 2.45) is 0 Å². The van der Waals surface area contributed by atoms with Crippen LogP contribution in [-0.2, 0) is 5.41 Å². The van der Waals surface area contributed by atoms with Crippen molar-refractivity contribution < 1.29 is 0 Å². The Morgan fingerprint density at radius 3 is 2.47 bits per heavy atom. The quantitative estimate of drug-likeness (QED) is 0.691. The number of nitrogens with zero attached hydrogens (tertiary/aromatic N) is 1. The lowest BCUT2D eigenvalue weighted by atomic mass is 9.91. The second-order valence-corrected chi connectivity index (χ2v) is 5.73. The lowest BCUT2D eigenvalue weighted by Gasteiger charge is -2.17. The summed E-state index contributed by atoms with van der Waals surface area (Å²) in [6, 6.07) is 8.42. The zero-order valence-electron chi connectivity index (χ0n) is 9.21. The van der Waals surface area contributed by atoms with Crippen LogP contribution in [0.1, 0.15) is 26.5 Å². The molecule has 0 aliphatic carbocycles. The minimum atomic E-state index is 0.108. The molecule has 0 unspecified atom stereocenters. The highest BCUT2D eigenvalue weighted by Gasteiger charge is 2.15. The van der Waals surface area contributed by atoms with Crippen LogP contribution in [-0.4, -0.2) is 4.98 Å². The van der Waals surface area contributed by atoms with Gasteiger partial charge in [-0.15, -0.1) is 0 Å². The number of halogens is 1. The number of benzene rings is 1. The summed E-state index contributed by atoms with van der Waals surface area (Å²) in [7, 11) is 0. The standard InChI is InChI=1S/C13H14BrN/c1-13(2,3)12-7-10-6-11(14)5-4-9(10)8-15-12/h4-8H,1-3H3. The molecule has 0 saturated heterocycles. The van der Waals surface area contributed by atoms with Gasteiger partial charge in [-0.3, -0.25) is 4.98 Å². The van der Waals surface area contributed by atoms with Crippen molar-refractivity contribution >= 4 is 26.7 Å². The molecule has 1 aromatic carbocycles. The predicted octanol–water partition coefficient (Wildman–Crippen LogP) is 4.29. The van der Waals surface area contributed by atoms with E-state index >= 15 is 0 Å². The number of hydrogen-bond acceptors (Lipinski definition) is 1. The van der Waals surface area contributed by atoms with E-state index in [9.17, 15) is 0 Å². The van der Waals surface area contributed by atoms with E-state index in [-0.39, 0.29) is 5.41 Å². The third kappa shape index (κ3) is 2.20. The van der Waals surface area contributed by atoms with E-state index in [0.717, 1.165) is 10.2 Å². The zero-order chi connectivity index (χ0) is 11.1. The molecular weight excluding hydrogens is 250 g/mol. The summed E-state index contributed by atoms with van der Waals surface area (Å²) < 4.78 is 1.11. The molecule has 2 rings (SSSR count). The van der Waals surface area contributed by atoms with Crippen molar-refractivity contribution in [1.29, 1.82) is 0 Å². The van der Waals surface area contributed by atoms with Crippen LogP contribution in [0.3, 0.4) is 0 Å². The van der Waals surface area contributed by atoms with Crippen molar-refractivity contribution in [3.8, 4) is 0 Å². The van der Waals surface area contributed by atoms with Gasteiger partial charge in [0.2, 0.25) is 0 Å². The van der Waals surface area contributed by atoms with Crippen LogP contribution in [0, 0.1) is 0 Å². The first kappa shape index (κ1) is 10.6. The Hall–Kier alpha value is -0.890. The molecule has 0 amide bonds. The third-order valence-corrected chi connectivity index (χ3v) is 2.95. The molecule has 0 radical (unpaired) electrons. The highest BCUT2D eigenvalue weighted by Crippen LogP contribution is 2.25. The lowest BCUT2D eigenvalue weighted by Crippen LogP contribution is -2.12. The first-order valence-electron chi connectivity index (χ1n) is 5.02. The van der Waals surface area contributed by atoms with Gasteiger partial charge in [-0.1, -0.05) is 42.8 Å². The number of rotatable bonds is 0. The smallest absolute Gasteiger partial charge is 0.0463 e. The molecule has 0 N–H and O–H groups in total. The van der Waals surface area contributed by atoms with Crippen LogP contribution in [0.15, 0.2) is 34.9 Å². The Bertz CT molecular complexity index is 497. The van der Waals surface area contributed by atoms with Gasteiger partial charge >= 0.3 is 0 Å². The number of hydrogen-bond donors (Lipinski definition) is 0. The zero-order valence-corrected chi connectivity index (χ0v) is 10.8. The van der Waals surface area contributed by atoms with Crippen molar-refractivity contribution in [2.45, 2.75) is 26.2 Å². The molecule has 0 aliphatic heterocycles. The van der Waals surface area contributed by atoms with Gasteiger partial charge in [0, 0.05) is 27.2 Å². The van der Waals surface area contributed by atoms with Gasteiger partial charge in [0.25, 0.3) is 0 Å². The molecule has 1 aromatic heterocycles. The molecule has 0 bridgehead atoms. The van der Waals surface area contributed by atoms with E-state index < -0.39 is 0 Å². The molecule has 15 heavy (non-hydrogen) atoms. The van der Waals surface area contributed by atoms with Gasteiger partial charge in [0.1, 0.15) is 0 Å². The summed E-state index contributed by atoms with van der Waals surface area (Å²) in [5.74, 6) is 0. The average Bonchev–Trinajstić information content (AvgIpc) is 2.15. The first-order chi connectivity index (χ1) is 6.97. The fourth-order valence-electron chi connectivity index (χ4n) is 1.52. The fourth-order valence-corrected chi connectivity index (χ4v) is 1.90. The van der Waals surface area contributed by atoms with E-state index in [0.29, 0.717) is 0 Å². The van der Waals surface area contributed by atoms with Crippen molar-refractivity contribution in [2.75, 3.05) is 0 Å². The Morgan fingerprint density at radius 1 is 1.07 bits per heavy atom. The predicted molar refractivity (Wildman–Crippen MR) is 68.1 cm³/mol. The summed E-state index contributed by atoms with van der Waals surface area (Å²) in [4.78, 5) is 4.49. The number of aromatic nitrogens is 1. The van der Waals surface area contributed by atoms with E-state index in [2.05, 4.69) is 59.9 Å². The van der Waals surface area contributed by atoms with E-state index in [1.807, 2.05) is 12.3 Å². The summed E-state index contributed by atoms with van der Waals surface area (Å²) in [5, 5.41) is 2.43. The third-order valence-electron chi connectivity index (χ3n) is 2.45. The van der Waals surface area contributed by atoms with Gasteiger partial charge in [-0.2, -0.15) is 0 Å². The maximum atomic E-state index is 4.49. The van der Waals surface area contributed by atoms with Gasteiger partial charge < -0.3 is 0 Å². The SMILES string of the molecule is CC(C)(C)c1cc2cc(Br)ccc2cn1. The molecule has 78 valence electrons. The molecule has 1 nitrogen and oxygen atoms in total. The average molecular weight is 264 g/mol. The van der Waals surface area contributed by atoms with Crippen LogP contribution < -0.4 is 0 Å². The van der Waals surface area contributed by atoms with Crippen LogP contribution >= 0.6 is 15.9 Å². The topological polar surface area (TPSA) is 12.9 Å². The maximum Gasteiger partial charge on any atom is 0.0463 e. The molecule has 0 atom stereocenters. The minimum absolute atomic E-state index is 0.108. The minimum Gasteiger partial charge on any atom is -0.260 e. The lowest BCUT2D eigenvalue weighted by molar-refractivity contribution is 0.570. The van der Waals surface area contributed by atoms with Crippen LogP contribution in [0.4, 0.5) is 0 Å². The Balaban J connectivity index is 2.64. The van der Waals surface area contributed by atoms with Crippen LogP contribution in [0.25, 0.3) is 10.8 Å². The Kier molecular flexibility index (Phi) is 2.55. The highest BCUT2D eigenvalue weighted by molar-refractivity contribution is 9.10. The van der Waals surface area contributed by atoms with Crippen molar-refractivity contribution in [1.82, 2.24) is 4.98 Å². The van der Waals surface area contributed by atoms with E-state index in [4.69, 9.17) is 0 Å². The van der Waals surface area contributed by atoms with Crippen LogP contribution in [0.5, 0.6) is 0 Å². The van der Waals surface area contributed by atoms with Crippen molar-refractivity contribution in [3.05, 3.63) is 40.6 Å². The van der Waals surface area contributed by atoms with E-state index in [1.54, 1.807) is 0 Å². The normalized spacial score (nSPS) is 12.0. The molecule has 0 spiro atoms. The molecule has 2 heteroatoms. The second kappa shape index (κ2) is 3.60. The van der Waals surface area contributed by atoms with Gasteiger partial charge in [-0.05, 0) is 23.6 Å². The highest BCUT2D eigenvalue weighted by atomic mass is 79.9. The first-order valence-corrected chi connectivity index (χ1v) is 5.82. The van der Waals surface area contributed by atoms with Gasteiger partial charge in [-0.25, -0.2) is 0 Å². The van der Waals surface area contributed by atoms with Gasteiger partial charge in [0.15, 0.2) is 0 Å². The van der Waals surface area contributed by atoms with Crippen LogP contribution in [0.2, 0.25) is 0 Å². The molecule has 0 saturated carbocycles. The van der Waals surface area contributed by atoms with Crippen molar-refractivity contribution in [3.63, 3.8) is 0 Å². The Morgan fingerprint density at radius 2 is 1.80 bits per heavy atom. The summed E-state index contributed by atoms with van der Waals surface area (Å²) in [6.45, 7) is 6.54. The second-order valence-electron chi connectivity index (χ2n) is 4.81. The largest absolute Gasteiger partial charge is 0.260 e. The molecular formula is C13H14BrN. The number of fused-ring (bicyclic) bond motifs is 1. The van der Waals surface area contributed by atoms with Gasteiger partial charge in [0.05, 0.1) is 0 Å². The number of pyridine rings is 1. The monoisotopic (exact) mass is 263 g/mol. The fraction of sp³-hybridized carbons (Fsp3) is 0.308. The maximum absolute atomic E-state index is 4.49. The summed E-state index contributed by atoms with van der Waals surface area (Å²) in [6.07, 6.45) is 1.95. The summed E-state index contributed by atoms with van der Waals surface area (Å²) in [5.41, 5.74) is 1.24. The summed E-state index contributed by atoms with van der Waals surface area (Å²) >= 11 is 3.49. The molecule has 0 aliphatic rings. The van der Waals surface area contributed by atoms with E-state index in [1.165, 1.54) is 10.8 Å². The Labute approximate surface area is 98.7 Å².